The van der Waals surface area contributed by atoms with E-state index in [1.807, 2.05) is 0 Å². The van der Waals surface area contributed by atoms with Crippen LogP contribution < -0.4 is 5.32 Å². The lowest BCUT2D eigenvalue weighted by Crippen LogP contribution is -2.33. The Balaban J connectivity index is 1.54. The van der Waals surface area contributed by atoms with Gasteiger partial charge >= 0.3 is 0 Å². The predicted octanol–water partition coefficient (Wildman–Crippen LogP) is 3.78. The zero-order chi connectivity index (χ0) is 15.4. The van der Waals surface area contributed by atoms with Crippen molar-refractivity contribution in [3.05, 3.63) is 41.0 Å². The molecule has 2 nitrogen and oxygen atoms in total. The average Bonchev–Trinajstić information content (AvgIpc) is 2.57. The molecule has 0 aliphatic carbocycles. The molecule has 2 heteroatoms. The van der Waals surface area contributed by atoms with Gasteiger partial charge in [0.1, 0.15) is 0 Å². The fourth-order valence-corrected chi connectivity index (χ4v) is 3.79. The lowest BCUT2D eigenvalue weighted by molar-refractivity contribution is 0.252. The van der Waals surface area contributed by atoms with Gasteiger partial charge in [0, 0.05) is 13.1 Å². The number of benzene rings is 1. The van der Waals surface area contributed by atoms with Crippen LogP contribution >= 0.6 is 0 Å². The Morgan fingerprint density at radius 1 is 1.18 bits per heavy atom. The Morgan fingerprint density at radius 3 is 2.73 bits per heavy atom. The van der Waals surface area contributed by atoms with E-state index in [1.165, 1.54) is 68.6 Å². The van der Waals surface area contributed by atoms with Gasteiger partial charge in [0.25, 0.3) is 0 Å². The first-order valence-electron chi connectivity index (χ1n) is 8.93. The molecule has 1 aromatic rings. The van der Waals surface area contributed by atoms with E-state index in [4.69, 9.17) is 0 Å². The monoisotopic (exact) mass is 298 g/mol. The Hall–Kier alpha value is -1.12. The average molecular weight is 298 g/mol. The summed E-state index contributed by atoms with van der Waals surface area (Å²) in [5.41, 5.74) is 5.89. The van der Waals surface area contributed by atoms with Gasteiger partial charge < -0.3 is 5.32 Å². The van der Waals surface area contributed by atoms with Crippen LogP contribution in [0.3, 0.4) is 0 Å². The molecule has 2 aliphatic rings. The minimum Gasteiger partial charge on any atom is -0.317 e. The third-order valence-electron chi connectivity index (χ3n) is 5.56. The van der Waals surface area contributed by atoms with Gasteiger partial charge in [0.15, 0.2) is 0 Å². The number of aryl methyl sites for hydroxylation is 1. The molecule has 0 saturated carbocycles. The minimum absolute atomic E-state index is 0.950. The maximum absolute atomic E-state index is 3.46. The highest BCUT2D eigenvalue weighted by atomic mass is 15.1. The lowest BCUT2D eigenvalue weighted by atomic mass is 9.92. The Bertz CT molecular complexity index is 527. The summed E-state index contributed by atoms with van der Waals surface area (Å²) in [5, 5.41) is 3.46. The zero-order valence-electron chi connectivity index (χ0n) is 14.2. The van der Waals surface area contributed by atoms with Crippen LogP contribution in [0.25, 0.3) is 5.57 Å². The van der Waals surface area contributed by atoms with E-state index < -0.39 is 0 Å². The van der Waals surface area contributed by atoms with Crippen LogP contribution in [-0.4, -0.2) is 37.6 Å². The van der Waals surface area contributed by atoms with E-state index in [0.29, 0.717) is 0 Å². The molecule has 3 rings (SSSR count). The van der Waals surface area contributed by atoms with E-state index in [-0.39, 0.29) is 0 Å². The molecule has 1 saturated heterocycles. The number of nitrogens with zero attached hydrogens (tertiary/aromatic N) is 1. The van der Waals surface area contributed by atoms with E-state index in [1.54, 1.807) is 5.57 Å². The van der Waals surface area contributed by atoms with Gasteiger partial charge in [-0.05, 0) is 87.3 Å². The summed E-state index contributed by atoms with van der Waals surface area (Å²) in [6.45, 7) is 10.6. The first-order chi connectivity index (χ1) is 10.7. The van der Waals surface area contributed by atoms with Gasteiger partial charge in [-0.2, -0.15) is 0 Å². The van der Waals surface area contributed by atoms with E-state index >= 15 is 0 Å². The van der Waals surface area contributed by atoms with Crippen molar-refractivity contribution >= 4 is 5.57 Å². The fraction of sp³-hybridized carbons (Fsp3) is 0.600. The van der Waals surface area contributed by atoms with Crippen LogP contribution in [0.15, 0.2) is 24.3 Å². The normalized spacial score (nSPS) is 20.9. The number of nitrogens with one attached hydrogen (secondary N) is 1. The SMILES string of the molecule is Cc1cccc(C2=CCN(CCC3CCNCC3)CC2)c1C. The van der Waals surface area contributed by atoms with Gasteiger partial charge in [0.2, 0.25) is 0 Å². The zero-order valence-corrected chi connectivity index (χ0v) is 14.2. The molecule has 22 heavy (non-hydrogen) atoms. The first-order valence-corrected chi connectivity index (χ1v) is 8.93. The molecule has 0 spiro atoms. The molecular formula is C20H30N2. The van der Waals surface area contributed by atoms with Crippen molar-refractivity contribution in [2.75, 3.05) is 32.7 Å². The summed E-state index contributed by atoms with van der Waals surface area (Å²) in [7, 11) is 0. The topological polar surface area (TPSA) is 15.3 Å². The van der Waals surface area contributed by atoms with Crippen molar-refractivity contribution in [2.24, 2.45) is 5.92 Å². The van der Waals surface area contributed by atoms with Gasteiger partial charge in [-0.3, -0.25) is 4.90 Å². The van der Waals surface area contributed by atoms with Crippen LogP contribution in [-0.2, 0) is 0 Å². The molecule has 2 heterocycles. The second kappa shape index (κ2) is 7.43. The highest BCUT2D eigenvalue weighted by Crippen LogP contribution is 2.27. The van der Waals surface area contributed by atoms with E-state index in [9.17, 15) is 0 Å². The van der Waals surface area contributed by atoms with Crippen molar-refractivity contribution in [3.63, 3.8) is 0 Å². The molecule has 0 amide bonds. The summed E-state index contributed by atoms with van der Waals surface area (Å²) in [4.78, 5) is 2.64. The summed E-state index contributed by atoms with van der Waals surface area (Å²) >= 11 is 0. The Kier molecular flexibility index (Phi) is 5.32. The summed E-state index contributed by atoms with van der Waals surface area (Å²) in [6, 6.07) is 6.70. The van der Waals surface area contributed by atoms with Crippen molar-refractivity contribution in [1.82, 2.24) is 10.2 Å². The van der Waals surface area contributed by atoms with E-state index in [2.05, 4.69) is 48.3 Å². The molecule has 2 aliphatic heterocycles. The smallest absolute Gasteiger partial charge is 0.0169 e. The van der Waals surface area contributed by atoms with Crippen LogP contribution in [0.1, 0.15) is 42.4 Å². The third-order valence-corrected chi connectivity index (χ3v) is 5.56. The van der Waals surface area contributed by atoms with Gasteiger partial charge in [0.05, 0.1) is 0 Å². The molecule has 0 bridgehead atoms. The summed E-state index contributed by atoms with van der Waals surface area (Å²) < 4.78 is 0. The minimum atomic E-state index is 0.950. The molecule has 1 aromatic carbocycles. The van der Waals surface area contributed by atoms with E-state index in [0.717, 1.165) is 12.5 Å². The number of rotatable bonds is 4. The number of hydrogen-bond acceptors (Lipinski definition) is 2. The maximum Gasteiger partial charge on any atom is 0.0169 e. The van der Waals surface area contributed by atoms with Crippen molar-refractivity contribution in [1.29, 1.82) is 0 Å². The molecule has 1 N–H and O–H groups in total. The summed E-state index contributed by atoms with van der Waals surface area (Å²) in [5.74, 6) is 0.950. The first kappa shape index (κ1) is 15.8. The van der Waals surface area contributed by atoms with Crippen molar-refractivity contribution in [2.45, 2.75) is 39.5 Å². The van der Waals surface area contributed by atoms with Gasteiger partial charge in [-0.15, -0.1) is 0 Å². The largest absolute Gasteiger partial charge is 0.317 e. The highest BCUT2D eigenvalue weighted by molar-refractivity contribution is 5.70. The van der Waals surface area contributed by atoms with Crippen molar-refractivity contribution in [3.8, 4) is 0 Å². The van der Waals surface area contributed by atoms with Crippen LogP contribution in [0.5, 0.6) is 0 Å². The second-order valence-electron chi connectivity index (χ2n) is 7.01. The van der Waals surface area contributed by atoms with Crippen molar-refractivity contribution < 1.29 is 0 Å². The molecule has 1 fully saturated rings. The third kappa shape index (κ3) is 3.80. The molecule has 0 radical (unpaired) electrons. The molecule has 0 unspecified atom stereocenters. The molecule has 0 atom stereocenters. The van der Waals surface area contributed by atoms with Crippen LogP contribution in [0.2, 0.25) is 0 Å². The number of hydrogen-bond donors (Lipinski definition) is 1. The number of piperidine rings is 1. The molecule has 0 aromatic heterocycles. The summed E-state index contributed by atoms with van der Waals surface area (Å²) in [6.07, 6.45) is 7.80. The maximum atomic E-state index is 3.46. The van der Waals surface area contributed by atoms with Crippen LogP contribution in [0.4, 0.5) is 0 Å². The quantitative estimate of drug-likeness (QED) is 0.910. The molecule has 120 valence electrons. The lowest BCUT2D eigenvalue weighted by Gasteiger charge is -2.30. The fourth-order valence-electron chi connectivity index (χ4n) is 3.79. The highest BCUT2D eigenvalue weighted by Gasteiger charge is 2.17. The van der Waals surface area contributed by atoms with Gasteiger partial charge in [-0.25, -0.2) is 0 Å². The Morgan fingerprint density at radius 2 is 2.00 bits per heavy atom. The van der Waals surface area contributed by atoms with Gasteiger partial charge in [-0.1, -0.05) is 24.3 Å². The Labute approximate surface area is 135 Å². The van der Waals surface area contributed by atoms with Crippen LogP contribution in [0, 0.1) is 19.8 Å². The second-order valence-corrected chi connectivity index (χ2v) is 7.01. The molecular weight excluding hydrogens is 268 g/mol. The predicted molar refractivity (Wildman–Crippen MR) is 95.2 cm³/mol. The standard InChI is InChI=1S/C20H30N2/c1-16-4-3-5-20(17(16)2)19-9-14-22(15-10-19)13-8-18-6-11-21-12-7-18/h3-5,9,18,21H,6-8,10-15H2,1-2H3.